The minimum atomic E-state index is -4.02. The SMILES string of the molecule is CCN1C(=O)[C@H](CC(=O)Nc2ccccc2C)SC1=NS(=O)(=O)c1ccc(Cl)cc1. The number of hydrogen-bond acceptors (Lipinski definition) is 5. The van der Waals surface area contributed by atoms with Crippen molar-refractivity contribution in [1.29, 1.82) is 0 Å². The maximum atomic E-state index is 12.7. The molecule has 2 aromatic rings. The zero-order valence-corrected chi connectivity index (χ0v) is 18.7. The molecular weight excluding hydrogens is 446 g/mol. The van der Waals surface area contributed by atoms with Crippen LogP contribution in [0.1, 0.15) is 18.9 Å². The van der Waals surface area contributed by atoms with E-state index in [-0.39, 0.29) is 34.8 Å². The standard InChI is InChI=1S/C20H20ClN3O4S2/c1-3-24-19(26)17(12-18(25)22-16-7-5-4-6-13(16)2)29-20(24)23-30(27,28)15-10-8-14(21)9-11-15/h4-11,17H,3,12H2,1-2H3,(H,22,25)/t17-/m0/s1. The van der Waals surface area contributed by atoms with Crippen LogP contribution in [0, 0.1) is 6.92 Å². The quantitative estimate of drug-likeness (QED) is 0.701. The number of halogens is 1. The highest BCUT2D eigenvalue weighted by Gasteiger charge is 2.39. The van der Waals surface area contributed by atoms with Gasteiger partial charge in [-0.15, -0.1) is 4.40 Å². The zero-order valence-electron chi connectivity index (χ0n) is 16.3. The molecule has 0 unspecified atom stereocenters. The number of para-hydroxylation sites is 1. The first-order valence-electron chi connectivity index (χ1n) is 9.15. The summed E-state index contributed by atoms with van der Waals surface area (Å²) in [5.41, 5.74) is 1.58. The van der Waals surface area contributed by atoms with Crippen molar-refractivity contribution in [1.82, 2.24) is 4.90 Å². The smallest absolute Gasteiger partial charge is 0.284 e. The van der Waals surface area contributed by atoms with Gasteiger partial charge in [0.25, 0.3) is 10.0 Å². The fourth-order valence-electron chi connectivity index (χ4n) is 2.85. The normalized spacial score (nSPS) is 18.1. The summed E-state index contributed by atoms with van der Waals surface area (Å²) < 4.78 is 29.1. The van der Waals surface area contributed by atoms with Crippen LogP contribution in [0.3, 0.4) is 0 Å². The van der Waals surface area contributed by atoms with Crippen LogP contribution in [-0.2, 0) is 19.6 Å². The van der Waals surface area contributed by atoms with Gasteiger partial charge < -0.3 is 5.32 Å². The summed E-state index contributed by atoms with van der Waals surface area (Å²) in [6.07, 6.45) is -0.0889. The van der Waals surface area contributed by atoms with Crippen molar-refractivity contribution in [3.05, 3.63) is 59.1 Å². The fraction of sp³-hybridized carbons (Fsp3) is 0.250. The molecule has 2 aromatic carbocycles. The van der Waals surface area contributed by atoms with Crippen molar-refractivity contribution in [2.45, 2.75) is 30.4 Å². The molecule has 0 aromatic heterocycles. The number of rotatable bonds is 6. The topological polar surface area (TPSA) is 95.9 Å². The van der Waals surface area contributed by atoms with Crippen molar-refractivity contribution in [3.63, 3.8) is 0 Å². The summed E-state index contributed by atoms with van der Waals surface area (Å²) in [5.74, 6) is -0.666. The van der Waals surface area contributed by atoms with Crippen LogP contribution >= 0.6 is 23.4 Å². The zero-order chi connectivity index (χ0) is 21.9. The molecule has 0 bridgehead atoms. The molecule has 2 amide bonds. The summed E-state index contributed by atoms with van der Waals surface area (Å²) in [6, 6.07) is 12.9. The molecule has 0 radical (unpaired) electrons. The number of benzene rings is 2. The van der Waals surface area contributed by atoms with E-state index >= 15 is 0 Å². The Morgan fingerprint density at radius 3 is 2.50 bits per heavy atom. The second kappa shape index (κ2) is 9.20. The van der Waals surface area contributed by atoms with Gasteiger partial charge in [-0.3, -0.25) is 14.5 Å². The number of nitrogens with one attached hydrogen (secondary N) is 1. The minimum Gasteiger partial charge on any atom is -0.326 e. The molecule has 1 aliphatic heterocycles. The predicted octanol–water partition coefficient (Wildman–Crippen LogP) is 3.69. The van der Waals surface area contributed by atoms with Gasteiger partial charge in [0.15, 0.2) is 5.17 Å². The number of aryl methyl sites for hydroxylation is 1. The average molecular weight is 466 g/mol. The molecule has 158 valence electrons. The number of hydrogen-bond donors (Lipinski definition) is 1. The summed E-state index contributed by atoms with van der Waals surface area (Å²) in [7, 11) is -4.02. The van der Waals surface area contributed by atoms with Crippen LogP contribution in [0.2, 0.25) is 5.02 Å². The highest BCUT2D eigenvalue weighted by Crippen LogP contribution is 2.31. The van der Waals surface area contributed by atoms with Crippen molar-refractivity contribution in [2.24, 2.45) is 4.40 Å². The minimum absolute atomic E-state index is 0.0238. The third-order valence-corrected chi connectivity index (χ3v) is 7.26. The van der Waals surface area contributed by atoms with Gasteiger partial charge in [0.1, 0.15) is 5.25 Å². The molecule has 10 heteroatoms. The first kappa shape index (κ1) is 22.3. The third kappa shape index (κ3) is 5.03. The van der Waals surface area contributed by atoms with Crippen LogP contribution in [0.4, 0.5) is 5.69 Å². The van der Waals surface area contributed by atoms with Gasteiger partial charge >= 0.3 is 0 Å². The number of sulfonamides is 1. The number of amides is 2. The second-order valence-corrected chi connectivity index (χ2v) is 9.77. The maximum absolute atomic E-state index is 12.7. The number of amidine groups is 1. The summed E-state index contributed by atoms with van der Waals surface area (Å²) >= 11 is 6.79. The molecular formula is C20H20ClN3O4S2. The third-order valence-electron chi connectivity index (χ3n) is 4.44. The monoisotopic (exact) mass is 465 g/mol. The van der Waals surface area contributed by atoms with E-state index in [1.807, 2.05) is 25.1 Å². The first-order chi connectivity index (χ1) is 14.2. The number of carbonyl (C=O) groups is 2. The highest BCUT2D eigenvalue weighted by molar-refractivity contribution is 8.16. The van der Waals surface area contributed by atoms with E-state index in [1.54, 1.807) is 13.0 Å². The molecule has 1 fully saturated rings. The van der Waals surface area contributed by atoms with Crippen molar-refractivity contribution in [3.8, 4) is 0 Å². The van der Waals surface area contributed by atoms with Crippen LogP contribution in [0.5, 0.6) is 0 Å². The van der Waals surface area contributed by atoms with Crippen molar-refractivity contribution < 1.29 is 18.0 Å². The first-order valence-corrected chi connectivity index (χ1v) is 11.8. The summed E-state index contributed by atoms with van der Waals surface area (Å²) in [5, 5.41) is 2.51. The molecule has 1 saturated heterocycles. The molecule has 30 heavy (non-hydrogen) atoms. The molecule has 3 rings (SSSR count). The Bertz CT molecular complexity index is 1100. The van der Waals surface area contributed by atoms with E-state index in [1.165, 1.54) is 29.2 Å². The average Bonchev–Trinajstić information content (AvgIpc) is 2.97. The number of carbonyl (C=O) groups excluding carboxylic acids is 2. The van der Waals surface area contributed by atoms with Crippen molar-refractivity contribution in [2.75, 3.05) is 11.9 Å². The molecule has 1 atom stereocenters. The Hall–Kier alpha value is -2.36. The molecule has 0 saturated carbocycles. The lowest BCUT2D eigenvalue weighted by Gasteiger charge is -2.13. The molecule has 1 aliphatic rings. The lowest BCUT2D eigenvalue weighted by Crippen LogP contribution is -2.33. The molecule has 1 N–H and O–H groups in total. The fourth-order valence-corrected chi connectivity index (χ4v) is 5.39. The van der Waals surface area contributed by atoms with Crippen LogP contribution < -0.4 is 5.32 Å². The summed E-state index contributed by atoms with van der Waals surface area (Å²) in [4.78, 5) is 26.4. The van der Waals surface area contributed by atoms with Crippen LogP contribution in [-0.4, -0.2) is 42.1 Å². The number of nitrogens with zero attached hydrogens (tertiary/aromatic N) is 2. The maximum Gasteiger partial charge on any atom is 0.284 e. The molecule has 7 nitrogen and oxygen atoms in total. The van der Waals surface area contributed by atoms with Gasteiger partial charge in [-0.2, -0.15) is 8.42 Å². The van der Waals surface area contributed by atoms with E-state index in [2.05, 4.69) is 9.71 Å². The van der Waals surface area contributed by atoms with Crippen molar-refractivity contribution >= 4 is 56.1 Å². The van der Waals surface area contributed by atoms with E-state index < -0.39 is 15.3 Å². The van der Waals surface area contributed by atoms with E-state index in [0.29, 0.717) is 10.7 Å². The molecule has 0 aliphatic carbocycles. The Kier molecular flexibility index (Phi) is 6.84. The van der Waals surface area contributed by atoms with Gasteiger partial charge in [-0.05, 0) is 49.7 Å². The van der Waals surface area contributed by atoms with Gasteiger partial charge in [-0.25, -0.2) is 0 Å². The highest BCUT2D eigenvalue weighted by atomic mass is 35.5. The lowest BCUT2D eigenvalue weighted by atomic mass is 10.2. The Labute approximate surface area is 184 Å². The lowest BCUT2D eigenvalue weighted by molar-refractivity contribution is -0.128. The van der Waals surface area contributed by atoms with Gasteiger partial charge in [0.2, 0.25) is 11.8 Å². The number of thioether (sulfide) groups is 1. The number of anilines is 1. The Morgan fingerprint density at radius 2 is 1.87 bits per heavy atom. The van der Waals surface area contributed by atoms with E-state index in [4.69, 9.17) is 11.6 Å². The second-order valence-electron chi connectivity index (χ2n) is 6.56. The Morgan fingerprint density at radius 1 is 1.20 bits per heavy atom. The van der Waals surface area contributed by atoms with Gasteiger partial charge in [0, 0.05) is 23.7 Å². The largest absolute Gasteiger partial charge is 0.326 e. The predicted molar refractivity (Wildman–Crippen MR) is 119 cm³/mol. The van der Waals surface area contributed by atoms with E-state index in [0.717, 1.165) is 17.3 Å². The van der Waals surface area contributed by atoms with Gasteiger partial charge in [-0.1, -0.05) is 41.6 Å². The molecule has 0 spiro atoms. The Balaban J connectivity index is 1.77. The van der Waals surface area contributed by atoms with Crippen LogP contribution in [0.25, 0.3) is 0 Å². The van der Waals surface area contributed by atoms with Crippen LogP contribution in [0.15, 0.2) is 57.8 Å². The summed E-state index contributed by atoms with van der Waals surface area (Å²) in [6.45, 7) is 3.84. The van der Waals surface area contributed by atoms with E-state index in [9.17, 15) is 18.0 Å². The van der Waals surface area contributed by atoms with Gasteiger partial charge in [0.05, 0.1) is 4.90 Å². The molecule has 1 heterocycles.